The molecule has 4 rings (SSSR count). The molecule has 2 aromatic rings. The molecule has 2 amide bonds. The number of alkyl halides is 2. The molecule has 0 unspecified atom stereocenters. The second kappa shape index (κ2) is 7.73. The van der Waals surface area contributed by atoms with E-state index in [4.69, 9.17) is 11.6 Å². The number of rotatable bonds is 3. The zero-order valence-corrected chi connectivity index (χ0v) is 18.6. The van der Waals surface area contributed by atoms with Crippen molar-refractivity contribution >= 4 is 66.7 Å². The van der Waals surface area contributed by atoms with Gasteiger partial charge < -0.3 is 0 Å². The van der Waals surface area contributed by atoms with Crippen LogP contribution in [0.15, 0.2) is 48.5 Å². The van der Waals surface area contributed by atoms with Crippen LogP contribution in [0.2, 0.25) is 5.02 Å². The second-order valence-corrected chi connectivity index (χ2v) is 9.87. The summed E-state index contributed by atoms with van der Waals surface area (Å²) < 4.78 is 0. The summed E-state index contributed by atoms with van der Waals surface area (Å²) in [4.78, 5) is 40.8. The minimum absolute atomic E-state index is 0.126. The van der Waals surface area contributed by atoms with Crippen LogP contribution in [0.1, 0.15) is 28.8 Å². The zero-order chi connectivity index (χ0) is 20.0. The number of hydrogen-bond donors (Lipinski definition) is 0. The predicted octanol–water partition coefficient (Wildman–Crippen LogP) is 5.00. The molecule has 4 nitrogen and oxygen atoms in total. The fourth-order valence-corrected chi connectivity index (χ4v) is 5.37. The zero-order valence-electron chi connectivity index (χ0n) is 14.6. The molecule has 2 aliphatic rings. The smallest absolute Gasteiger partial charge is 0.237 e. The van der Waals surface area contributed by atoms with E-state index in [9.17, 15) is 14.4 Å². The monoisotopic (exact) mass is 523 g/mol. The molecule has 2 fully saturated rings. The van der Waals surface area contributed by atoms with Crippen molar-refractivity contribution in [1.82, 2.24) is 0 Å². The summed E-state index contributed by atoms with van der Waals surface area (Å²) in [6.45, 7) is 0. The Bertz CT molecular complexity index is 937. The van der Waals surface area contributed by atoms with Crippen molar-refractivity contribution in [1.29, 1.82) is 0 Å². The maximum absolute atomic E-state index is 13.1. The number of amides is 2. The molecule has 0 spiro atoms. The summed E-state index contributed by atoms with van der Waals surface area (Å²) in [5, 5.41) is 0.376. The average Bonchev–Trinajstić information content (AvgIpc) is 2.92. The van der Waals surface area contributed by atoms with Gasteiger partial charge in [-0.2, -0.15) is 0 Å². The highest BCUT2D eigenvalue weighted by molar-refractivity contribution is 9.12. The van der Waals surface area contributed by atoms with E-state index in [2.05, 4.69) is 31.9 Å². The Balaban J connectivity index is 1.77. The first-order valence-electron chi connectivity index (χ1n) is 8.93. The number of carbonyl (C=O) groups is 3. The number of carbonyl (C=O) groups excluding carboxylic acids is 3. The van der Waals surface area contributed by atoms with Crippen LogP contribution >= 0.6 is 43.5 Å². The topological polar surface area (TPSA) is 54.5 Å². The van der Waals surface area contributed by atoms with Crippen LogP contribution in [0.3, 0.4) is 0 Å². The van der Waals surface area contributed by atoms with Crippen LogP contribution in [0.4, 0.5) is 5.69 Å². The number of anilines is 1. The number of imide groups is 1. The van der Waals surface area contributed by atoms with Crippen molar-refractivity contribution in [3.63, 3.8) is 0 Å². The average molecular weight is 526 g/mol. The first-order chi connectivity index (χ1) is 13.4. The van der Waals surface area contributed by atoms with E-state index in [1.807, 2.05) is 6.07 Å². The first kappa shape index (κ1) is 19.8. The molecular weight excluding hydrogens is 509 g/mol. The highest BCUT2D eigenvalue weighted by atomic mass is 79.9. The van der Waals surface area contributed by atoms with Gasteiger partial charge in [-0.05, 0) is 31.0 Å². The van der Waals surface area contributed by atoms with Crippen molar-refractivity contribution in [2.24, 2.45) is 11.8 Å². The molecule has 144 valence electrons. The van der Waals surface area contributed by atoms with Crippen LogP contribution in [-0.2, 0) is 9.59 Å². The van der Waals surface area contributed by atoms with Crippen LogP contribution in [0.5, 0.6) is 0 Å². The van der Waals surface area contributed by atoms with Crippen LogP contribution in [0.25, 0.3) is 0 Å². The molecule has 0 bridgehead atoms. The van der Waals surface area contributed by atoms with Gasteiger partial charge in [-0.15, -0.1) is 0 Å². The summed E-state index contributed by atoms with van der Waals surface area (Å²) in [6, 6.07) is 13.5. The molecule has 1 heterocycles. The second-order valence-electron chi connectivity index (χ2n) is 7.08. The third kappa shape index (κ3) is 3.36. The number of hydrogen-bond acceptors (Lipinski definition) is 3. The van der Waals surface area contributed by atoms with E-state index in [1.54, 1.807) is 36.4 Å². The van der Waals surface area contributed by atoms with Crippen molar-refractivity contribution in [3.8, 4) is 0 Å². The molecule has 2 aromatic carbocycles. The van der Waals surface area contributed by atoms with Gasteiger partial charge in [0.25, 0.3) is 0 Å². The fraction of sp³-hybridized carbons (Fsp3) is 0.286. The lowest BCUT2D eigenvalue weighted by Gasteiger charge is -2.29. The molecule has 7 heteroatoms. The van der Waals surface area contributed by atoms with Crippen molar-refractivity contribution in [2.45, 2.75) is 22.5 Å². The van der Waals surface area contributed by atoms with Gasteiger partial charge in [-0.3, -0.25) is 14.4 Å². The summed E-state index contributed by atoms with van der Waals surface area (Å²) in [6.07, 6.45) is 1.16. The van der Waals surface area contributed by atoms with Gasteiger partial charge in [0.2, 0.25) is 11.8 Å². The first-order valence-corrected chi connectivity index (χ1v) is 11.1. The third-order valence-corrected chi connectivity index (χ3v) is 8.36. The van der Waals surface area contributed by atoms with Gasteiger partial charge in [0, 0.05) is 25.8 Å². The number of benzene rings is 2. The molecule has 0 radical (unpaired) electrons. The molecule has 1 aliphatic heterocycles. The van der Waals surface area contributed by atoms with Crippen molar-refractivity contribution in [2.75, 3.05) is 4.90 Å². The Labute approximate surface area is 184 Å². The Kier molecular flexibility index (Phi) is 5.47. The number of ketones is 1. The van der Waals surface area contributed by atoms with E-state index in [0.29, 0.717) is 29.1 Å². The number of fused-ring (bicyclic) bond motifs is 1. The van der Waals surface area contributed by atoms with Gasteiger partial charge in [0.1, 0.15) is 0 Å². The Morgan fingerprint density at radius 2 is 1.50 bits per heavy atom. The highest BCUT2D eigenvalue weighted by Crippen LogP contribution is 2.45. The lowest BCUT2D eigenvalue weighted by Crippen LogP contribution is -2.34. The van der Waals surface area contributed by atoms with Gasteiger partial charge in [-0.1, -0.05) is 73.8 Å². The minimum Gasteiger partial charge on any atom is -0.289 e. The van der Waals surface area contributed by atoms with Crippen molar-refractivity contribution in [3.05, 3.63) is 64.7 Å². The Morgan fingerprint density at radius 1 is 0.929 bits per heavy atom. The van der Waals surface area contributed by atoms with Crippen LogP contribution < -0.4 is 4.90 Å². The van der Waals surface area contributed by atoms with Gasteiger partial charge in [-0.25, -0.2) is 4.90 Å². The Morgan fingerprint density at radius 3 is 2.07 bits per heavy atom. The summed E-state index contributed by atoms with van der Waals surface area (Å²) in [7, 11) is 0. The fourth-order valence-electron chi connectivity index (χ4n) is 3.96. The summed E-state index contributed by atoms with van der Waals surface area (Å²) in [5.74, 6) is -1.51. The molecule has 0 aromatic heterocycles. The lowest BCUT2D eigenvalue weighted by atomic mass is 9.81. The third-order valence-electron chi connectivity index (χ3n) is 5.39. The highest BCUT2D eigenvalue weighted by Gasteiger charge is 2.52. The summed E-state index contributed by atoms with van der Waals surface area (Å²) >= 11 is 13.3. The predicted molar refractivity (Wildman–Crippen MR) is 115 cm³/mol. The normalized spacial score (nSPS) is 27.0. The SMILES string of the molecule is O=C(c1ccccc1)c1cc(Cl)ccc1N1C(=O)[C@H]2C[C@@H](Br)[C@H](Br)C[C@H]2C1=O. The van der Waals surface area contributed by atoms with Crippen molar-refractivity contribution < 1.29 is 14.4 Å². The van der Waals surface area contributed by atoms with E-state index in [-0.39, 0.29) is 44.7 Å². The quantitative estimate of drug-likeness (QED) is 0.322. The van der Waals surface area contributed by atoms with Gasteiger partial charge in [0.05, 0.1) is 17.5 Å². The van der Waals surface area contributed by atoms with E-state index in [0.717, 1.165) is 0 Å². The van der Waals surface area contributed by atoms with Crippen LogP contribution in [0, 0.1) is 11.8 Å². The van der Waals surface area contributed by atoms with E-state index in [1.165, 1.54) is 11.0 Å². The molecule has 28 heavy (non-hydrogen) atoms. The molecular formula is C21H16Br2ClNO3. The molecule has 0 N–H and O–H groups in total. The number of halogens is 3. The molecule has 1 aliphatic carbocycles. The lowest BCUT2D eigenvalue weighted by molar-refractivity contribution is -0.122. The van der Waals surface area contributed by atoms with E-state index < -0.39 is 0 Å². The molecule has 4 atom stereocenters. The minimum atomic E-state index is -0.374. The molecule has 1 saturated carbocycles. The standard InChI is InChI=1S/C21H16Br2ClNO3/c22-16-9-13-14(10-17(16)23)21(28)25(20(13)27)18-7-6-12(24)8-15(18)19(26)11-4-2-1-3-5-11/h1-8,13-14,16-17H,9-10H2/t13-,14+,16-,17-/m1/s1. The maximum atomic E-state index is 13.1. The van der Waals surface area contributed by atoms with E-state index >= 15 is 0 Å². The molecule has 1 saturated heterocycles. The maximum Gasteiger partial charge on any atom is 0.237 e. The Hall–Kier alpha value is -1.50. The van der Waals surface area contributed by atoms with Gasteiger partial charge in [0.15, 0.2) is 5.78 Å². The van der Waals surface area contributed by atoms with Crippen LogP contribution in [-0.4, -0.2) is 27.3 Å². The van der Waals surface area contributed by atoms with Gasteiger partial charge >= 0.3 is 0 Å². The summed E-state index contributed by atoms with van der Waals surface area (Å²) in [5.41, 5.74) is 1.04. The largest absolute Gasteiger partial charge is 0.289 e. The number of nitrogens with zero attached hydrogens (tertiary/aromatic N) is 1.